The molecule has 0 atom stereocenters. The van der Waals surface area contributed by atoms with Crippen LogP contribution in [0.15, 0.2) is 37.2 Å². The second-order valence-corrected chi connectivity index (χ2v) is 2.86. The van der Waals surface area contributed by atoms with Crippen molar-refractivity contribution in [3.05, 3.63) is 42.9 Å². The van der Waals surface area contributed by atoms with Crippen LogP contribution in [0, 0.1) is 0 Å². The van der Waals surface area contributed by atoms with Gasteiger partial charge in [-0.25, -0.2) is 9.78 Å². The lowest BCUT2D eigenvalue weighted by Crippen LogP contribution is -2.00. The summed E-state index contributed by atoms with van der Waals surface area (Å²) in [4.78, 5) is 14.8. The van der Waals surface area contributed by atoms with Gasteiger partial charge in [0, 0.05) is 6.20 Å². The molecular formula is C10H8N2O2. The highest BCUT2D eigenvalue weighted by Crippen LogP contribution is 2.14. The van der Waals surface area contributed by atoms with E-state index < -0.39 is 5.97 Å². The Balaban J connectivity index is 2.64. The van der Waals surface area contributed by atoms with Crippen LogP contribution in [0.2, 0.25) is 0 Å². The van der Waals surface area contributed by atoms with Gasteiger partial charge >= 0.3 is 5.97 Å². The number of hydrogen-bond donors (Lipinski definition) is 1. The van der Waals surface area contributed by atoms with Crippen LogP contribution in [0.3, 0.4) is 0 Å². The monoisotopic (exact) mass is 188 g/mol. The molecule has 2 aromatic rings. The largest absolute Gasteiger partial charge is 0.478 e. The van der Waals surface area contributed by atoms with Crippen LogP contribution in [0.25, 0.3) is 11.2 Å². The molecule has 0 saturated heterocycles. The molecule has 2 rings (SSSR count). The number of aliphatic carboxylic acids is 1. The smallest absolute Gasteiger partial charge is 0.337 e. The van der Waals surface area contributed by atoms with E-state index in [4.69, 9.17) is 5.11 Å². The molecule has 2 aromatic heterocycles. The van der Waals surface area contributed by atoms with E-state index in [9.17, 15) is 4.79 Å². The summed E-state index contributed by atoms with van der Waals surface area (Å²) in [7, 11) is 0. The first-order chi connectivity index (χ1) is 6.70. The molecule has 0 bridgehead atoms. The van der Waals surface area contributed by atoms with Gasteiger partial charge in [0.05, 0.1) is 17.5 Å². The number of carboxylic acid groups (broad SMARTS) is 1. The fourth-order valence-electron chi connectivity index (χ4n) is 1.27. The molecule has 0 aliphatic rings. The maximum atomic E-state index is 10.7. The van der Waals surface area contributed by atoms with Gasteiger partial charge in [0.2, 0.25) is 0 Å². The normalized spacial score (nSPS) is 10.3. The average molecular weight is 188 g/mol. The van der Waals surface area contributed by atoms with Crippen molar-refractivity contribution in [1.29, 1.82) is 0 Å². The number of carboxylic acids is 1. The van der Waals surface area contributed by atoms with E-state index in [1.54, 1.807) is 16.7 Å². The number of hydrogen-bond acceptors (Lipinski definition) is 2. The van der Waals surface area contributed by atoms with Crippen LogP contribution in [0.1, 0.15) is 5.69 Å². The van der Waals surface area contributed by atoms with Crippen LogP contribution in [0.5, 0.6) is 0 Å². The predicted octanol–water partition coefficient (Wildman–Crippen LogP) is 1.43. The molecule has 0 aliphatic carbocycles. The van der Waals surface area contributed by atoms with Crippen molar-refractivity contribution >= 4 is 17.2 Å². The van der Waals surface area contributed by atoms with Gasteiger partial charge < -0.3 is 5.11 Å². The summed E-state index contributed by atoms with van der Waals surface area (Å²) in [5, 5.41) is 8.77. The number of aromatic nitrogens is 2. The molecule has 70 valence electrons. The van der Waals surface area contributed by atoms with Crippen molar-refractivity contribution in [2.24, 2.45) is 0 Å². The summed E-state index contributed by atoms with van der Waals surface area (Å²) in [6.07, 6.45) is 3.26. The SMILES string of the molecule is C=C(C(=O)O)c1cnc2ccccn12. The fourth-order valence-corrected chi connectivity index (χ4v) is 1.27. The minimum absolute atomic E-state index is 0.0451. The van der Waals surface area contributed by atoms with E-state index in [1.807, 2.05) is 12.1 Å². The minimum atomic E-state index is -1.03. The fraction of sp³-hybridized carbons (Fsp3) is 0. The molecule has 0 radical (unpaired) electrons. The maximum absolute atomic E-state index is 10.7. The summed E-state index contributed by atoms with van der Waals surface area (Å²) in [6, 6.07) is 5.46. The molecule has 4 nitrogen and oxygen atoms in total. The lowest BCUT2D eigenvalue weighted by Gasteiger charge is -1.99. The van der Waals surface area contributed by atoms with Crippen molar-refractivity contribution in [2.75, 3.05) is 0 Å². The van der Waals surface area contributed by atoms with E-state index in [0.717, 1.165) is 0 Å². The zero-order chi connectivity index (χ0) is 10.1. The maximum Gasteiger partial charge on any atom is 0.337 e. The first-order valence-electron chi connectivity index (χ1n) is 4.05. The number of nitrogens with zero attached hydrogens (tertiary/aromatic N) is 2. The van der Waals surface area contributed by atoms with Gasteiger partial charge in [0.25, 0.3) is 0 Å². The number of imidazole rings is 1. The number of rotatable bonds is 2. The van der Waals surface area contributed by atoms with Crippen LogP contribution >= 0.6 is 0 Å². The average Bonchev–Trinajstić information content (AvgIpc) is 2.60. The van der Waals surface area contributed by atoms with Gasteiger partial charge in [0.15, 0.2) is 0 Å². The number of fused-ring (bicyclic) bond motifs is 1. The Labute approximate surface area is 80.1 Å². The van der Waals surface area contributed by atoms with E-state index in [0.29, 0.717) is 11.3 Å². The topological polar surface area (TPSA) is 54.6 Å². The van der Waals surface area contributed by atoms with E-state index in [2.05, 4.69) is 11.6 Å². The molecule has 0 saturated carbocycles. The van der Waals surface area contributed by atoms with Crippen LogP contribution in [-0.2, 0) is 4.79 Å². The summed E-state index contributed by atoms with van der Waals surface area (Å²) < 4.78 is 1.69. The Bertz CT molecular complexity index is 514. The van der Waals surface area contributed by atoms with Gasteiger partial charge in [-0.1, -0.05) is 12.6 Å². The standard InChI is InChI=1S/C10H8N2O2/c1-7(10(13)14)8-6-11-9-4-2-3-5-12(8)9/h2-6H,1H2,(H,13,14). The molecule has 0 amide bonds. The Morgan fingerprint density at radius 2 is 2.29 bits per heavy atom. The lowest BCUT2D eigenvalue weighted by molar-refractivity contribution is -0.130. The zero-order valence-corrected chi connectivity index (χ0v) is 7.34. The Hall–Kier alpha value is -2.10. The second kappa shape index (κ2) is 2.99. The van der Waals surface area contributed by atoms with Gasteiger partial charge in [-0.3, -0.25) is 4.40 Å². The summed E-state index contributed by atoms with van der Waals surface area (Å²) in [5.41, 5.74) is 1.27. The van der Waals surface area contributed by atoms with Crippen LogP contribution in [-0.4, -0.2) is 20.5 Å². The Morgan fingerprint density at radius 3 is 3.00 bits per heavy atom. The number of pyridine rings is 1. The second-order valence-electron chi connectivity index (χ2n) is 2.86. The Kier molecular flexibility index (Phi) is 1.81. The Morgan fingerprint density at radius 1 is 1.50 bits per heavy atom. The van der Waals surface area contributed by atoms with Gasteiger partial charge in [-0.15, -0.1) is 0 Å². The van der Waals surface area contributed by atoms with Crippen molar-refractivity contribution in [2.45, 2.75) is 0 Å². The molecule has 0 spiro atoms. The molecular weight excluding hydrogens is 180 g/mol. The first kappa shape index (κ1) is 8.50. The summed E-state index contributed by atoms with van der Waals surface area (Å²) in [5.74, 6) is -1.03. The molecule has 0 fully saturated rings. The molecule has 14 heavy (non-hydrogen) atoms. The van der Waals surface area contributed by atoms with Gasteiger partial charge in [-0.2, -0.15) is 0 Å². The molecule has 2 heterocycles. The highest BCUT2D eigenvalue weighted by molar-refractivity contribution is 6.13. The van der Waals surface area contributed by atoms with E-state index in [-0.39, 0.29) is 5.57 Å². The van der Waals surface area contributed by atoms with Crippen molar-refractivity contribution in [3.8, 4) is 0 Å². The van der Waals surface area contributed by atoms with Crippen LogP contribution < -0.4 is 0 Å². The molecule has 0 aliphatic heterocycles. The highest BCUT2D eigenvalue weighted by Gasteiger charge is 2.11. The lowest BCUT2D eigenvalue weighted by atomic mass is 10.2. The predicted molar refractivity (Wildman–Crippen MR) is 51.9 cm³/mol. The van der Waals surface area contributed by atoms with Gasteiger partial charge in [0.1, 0.15) is 5.65 Å². The molecule has 0 aromatic carbocycles. The number of carbonyl (C=O) groups is 1. The molecule has 4 heteroatoms. The first-order valence-corrected chi connectivity index (χ1v) is 4.05. The van der Waals surface area contributed by atoms with Crippen molar-refractivity contribution in [3.63, 3.8) is 0 Å². The zero-order valence-electron chi connectivity index (χ0n) is 7.34. The minimum Gasteiger partial charge on any atom is -0.478 e. The third-order valence-corrected chi connectivity index (χ3v) is 1.98. The van der Waals surface area contributed by atoms with Crippen molar-refractivity contribution in [1.82, 2.24) is 9.38 Å². The van der Waals surface area contributed by atoms with Crippen molar-refractivity contribution < 1.29 is 9.90 Å². The quantitative estimate of drug-likeness (QED) is 0.725. The third-order valence-electron chi connectivity index (χ3n) is 1.98. The molecule has 1 N–H and O–H groups in total. The van der Waals surface area contributed by atoms with E-state index in [1.165, 1.54) is 6.20 Å². The summed E-state index contributed by atoms with van der Waals surface area (Å²) in [6.45, 7) is 3.49. The third kappa shape index (κ3) is 1.17. The van der Waals surface area contributed by atoms with Crippen LogP contribution in [0.4, 0.5) is 0 Å². The summed E-state index contributed by atoms with van der Waals surface area (Å²) >= 11 is 0. The van der Waals surface area contributed by atoms with E-state index >= 15 is 0 Å². The highest BCUT2D eigenvalue weighted by atomic mass is 16.4. The van der Waals surface area contributed by atoms with Gasteiger partial charge in [-0.05, 0) is 12.1 Å². The molecule has 0 unspecified atom stereocenters.